The largest absolute Gasteiger partial charge is 0.0840 e. The van der Waals surface area contributed by atoms with Gasteiger partial charge in [-0.25, -0.2) is 0 Å². The summed E-state index contributed by atoms with van der Waals surface area (Å²) in [5.74, 6) is 1.58. The van der Waals surface area contributed by atoms with Crippen molar-refractivity contribution >= 4 is 27.5 Å². The first-order valence-electron chi connectivity index (χ1n) is 8.11. The highest BCUT2D eigenvalue weighted by atomic mass is 79.9. The van der Waals surface area contributed by atoms with Gasteiger partial charge in [0.05, 0.1) is 0 Å². The topological polar surface area (TPSA) is 0 Å². The molecule has 0 nitrogen and oxygen atoms in total. The van der Waals surface area contributed by atoms with Crippen LogP contribution in [0.4, 0.5) is 0 Å². The molecule has 0 heterocycles. The second-order valence-electron chi connectivity index (χ2n) is 7.84. The molecule has 21 heavy (non-hydrogen) atoms. The highest BCUT2D eigenvalue weighted by Crippen LogP contribution is 2.47. The van der Waals surface area contributed by atoms with Crippen LogP contribution >= 0.6 is 27.5 Å². The predicted octanol–water partition coefficient (Wildman–Crippen LogP) is 7.25. The van der Waals surface area contributed by atoms with Crippen LogP contribution in [0.3, 0.4) is 0 Å². The number of rotatable bonds is 2. The van der Waals surface area contributed by atoms with Gasteiger partial charge in [0.2, 0.25) is 0 Å². The molecule has 1 saturated carbocycles. The van der Waals surface area contributed by atoms with Crippen molar-refractivity contribution in [3.63, 3.8) is 0 Å². The third kappa shape index (κ3) is 4.05. The normalized spacial score (nSPS) is 24.9. The Morgan fingerprint density at radius 1 is 1.05 bits per heavy atom. The Morgan fingerprint density at radius 3 is 2.10 bits per heavy atom. The number of hydrogen-bond donors (Lipinski definition) is 0. The minimum Gasteiger partial charge on any atom is -0.0840 e. The van der Waals surface area contributed by atoms with E-state index in [1.807, 2.05) is 0 Å². The highest BCUT2D eigenvalue weighted by molar-refractivity contribution is 9.09. The van der Waals surface area contributed by atoms with E-state index < -0.39 is 0 Å². The van der Waals surface area contributed by atoms with Gasteiger partial charge in [-0.15, -0.1) is 0 Å². The summed E-state index contributed by atoms with van der Waals surface area (Å²) in [5.41, 5.74) is 4.34. The number of hydrogen-bond acceptors (Lipinski definition) is 0. The molecule has 2 heteroatoms. The van der Waals surface area contributed by atoms with Crippen LogP contribution in [0.5, 0.6) is 0 Å². The molecule has 1 unspecified atom stereocenters. The lowest BCUT2D eigenvalue weighted by atomic mass is 9.69. The minimum absolute atomic E-state index is 0.394. The molecule has 1 aliphatic rings. The maximum atomic E-state index is 6.49. The van der Waals surface area contributed by atoms with E-state index in [2.05, 4.69) is 62.7 Å². The third-order valence-electron chi connectivity index (χ3n) is 5.32. The summed E-state index contributed by atoms with van der Waals surface area (Å²) in [6.45, 7) is 11.4. The molecule has 0 radical (unpaired) electrons. The van der Waals surface area contributed by atoms with Crippen LogP contribution in [-0.4, -0.2) is 0 Å². The van der Waals surface area contributed by atoms with Gasteiger partial charge in [0, 0.05) is 9.85 Å². The minimum atomic E-state index is 0.394. The lowest BCUT2D eigenvalue weighted by molar-refractivity contribution is 0.149. The molecule has 0 amide bonds. The van der Waals surface area contributed by atoms with E-state index >= 15 is 0 Å². The molecule has 0 saturated heterocycles. The average Bonchev–Trinajstić information content (AvgIpc) is 2.41. The average molecular weight is 372 g/mol. The van der Waals surface area contributed by atoms with Gasteiger partial charge >= 0.3 is 0 Å². The zero-order valence-corrected chi connectivity index (χ0v) is 16.3. The van der Waals surface area contributed by atoms with Crippen molar-refractivity contribution in [3.8, 4) is 0 Å². The van der Waals surface area contributed by atoms with Gasteiger partial charge in [-0.1, -0.05) is 54.4 Å². The monoisotopic (exact) mass is 370 g/mol. The van der Waals surface area contributed by atoms with Crippen molar-refractivity contribution in [1.82, 2.24) is 0 Å². The quantitative estimate of drug-likeness (QED) is 0.480. The summed E-state index contributed by atoms with van der Waals surface area (Å²) in [7, 11) is 0. The van der Waals surface area contributed by atoms with Crippen molar-refractivity contribution in [2.45, 2.75) is 65.1 Å². The number of alkyl halides is 1. The number of halogens is 2. The molecule has 1 aliphatic carbocycles. The number of benzene rings is 1. The maximum absolute atomic E-state index is 6.49. The van der Waals surface area contributed by atoms with Gasteiger partial charge in [-0.2, -0.15) is 0 Å². The molecule has 1 atom stereocenters. The summed E-state index contributed by atoms with van der Waals surface area (Å²) in [5, 5.41) is 0.915. The van der Waals surface area contributed by atoms with Gasteiger partial charge < -0.3 is 0 Å². The van der Waals surface area contributed by atoms with Crippen LogP contribution in [0, 0.1) is 31.1 Å². The van der Waals surface area contributed by atoms with E-state index in [1.54, 1.807) is 0 Å². The van der Waals surface area contributed by atoms with Crippen LogP contribution in [0.15, 0.2) is 12.1 Å². The van der Waals surface area contributed by atoms with Crippen LogP contribution in [0.1, 0.15) is 68.0 Å². The fourth-order valence-electron chi connectivity index (χ4n) is 3.55. The molecular weight excluding hydrogens is 344 g/mol. The lowest BCUT2D eigenvalue weighted by Gasteiger charge is -2.38. The second-order valence-corrected chi connectivity index (χ2v) is 9.23. The second kappa shape index (κ2) is 6.62. The molecule has 0 spiro atoms. The van der Waals surface area contributed by atoms with Crippen LogP contribution in [-0.2, 0) is 0 Å². The Bertz CT molecular complexity index is 493. The maximum Gasteiger partial charge on any atom is 0.0452 e. The van der Waals surface area contributed by atoms with Gasteiger partial charge in [-0.05, 0) is 79.5 Å². The molecule has 2 rings (SSSR count). The smallest absolute Gasteiger partial charge is 0.0452 e. The van der Waals surface area contributed by atoms with E-state index in [4.69, 9.17) is 11.6 Å². The Kier molecular flexibility index (Phi) is 5.47. The molecule has 0 N–H and O–H groups in total. The summed E-state index contributed by atoms with van der Waals surface area (Å²) >= 11 is 10.4. The first-order valence-corrected chi connectivity index (χ1v) is 9.40. The Labute approximate surface area is 143 Å². The molecule has 0 bridgehead atoms. The summed E-state index contributed by atoms with van der Waals surface area (Å²) in [6, 6.07) is 4.38. The highest BCUT2D eigenvalue weighted by Gasteiger charge is 2.33. The van der Waals surface area contributed by atoms with Crippen LogP contribution in [0.25, 0.3) is 0 Å². The van der Waals surface area contributed by atoms with Gasteiger partial charge in [-0.3, -0.25) is 0 Å². The van der Waals surface area contributed by atoms with Crippen LogP contribution in [0.2, 0.25) is 5.02 Å². The zero-order chi connectivity index (χ0) is 15.8. The van der Waals surface area contributed by atoms with E-state index in [1.165, 1.54) is 42.4 Å². The van der Waals surface area contributed by atoms with Crippen molar-refractivity contribution in [3.05, 3.63) is 33.8 Å². The van der Waals surface area contributed by atoms with Crippen molar-refractivity contribution in [2.75, 3.05) is 0 Å². The summed E-state index contributed by atoms with van der Waals surface area (Å²) < 4.78 is 0. The molecule has 118 valence electrons. The van der Waals surface area contributed by atoms with Crippen molar-refractivity contribution < 1.29 is 0 Å². The molecule has 1 fully saturated rings. The van der Waals surface area contributed by atoms with E-state index in [9.17, 15) is 0 Å². The first kappa shape index (κ1) is 17.3. The van der Waals surface area contributed by atoms with Gasteiger partial charge in [0.25, 0.3) is 0 Å². The van der Waals surface area contributed by atoms with Crippen molar-refractivity contribution in [2.24, 2.45) is 17.3 Å². The van der Waals surface area contributed by atoms with Gasteiger partial charge in [0.15, 0.2) is 0 Å². The first-order chi connectivity index (χ1) is 9.70. The van der Waals surface area contributed by atoms with Crippen molar-refractivity contribution in [1.29, 1.82) is 0 Å². The SMILES string of the molecule is Cc1cc(Cl)c(C(Br)C2CCC(C(C)(C)C)CC2)cc1C. The zero-order valence-electron chi connectivity index (χ0n) is 14.0. The molecule has 1 aromatic carbocycles. The van der Waals surface area contributed by atoms with Gasteiger partial charge in [0.1, 0.15) is 0 Å². The molecule has 0 aromatic heterocycles. The molecular formula is C19H28BrCl. The fraction of sp³-hybridized carbons (Fsp3) is 0.684. The predicted molar refractivity (Wildman–Crippen MR) is 97.5 cm³/mol. The van der Waals surface area contributed by atoms with E-state index in [0.717, 1.165) is 10.9 Å². The summed E-state index contributed by atoms with van der Waals surface area (Å²) in [4.78, 5) is 0.394. The fourth-order valence-corrected chi connectivity index (χ4v) is 4.92. The van der Waals surface area contributed by atoms with E-state index in [-0.39, 0.29) is 0 Å². The van der Waals surface area contributed by atoms with Crippen LogP contribution < -0.4 is 0 Å². The van der Waals surface area contributed by atoms with E-state index in [0.29, 0.717) is 16.2 Å². The molecule has 1 aromatic rings. The Hall–Kier alpha value is -0.0100. The summed E-state index contributed by atoms with van der Waals surface area (Å²) in [6.07, 6.45) is 5.31. The molecule has 0 aliphatic heterocycles. The standard InChI is InChI=1S/C19H28BrCl/c1-12-10-16(17(21)11-13(12)2)18(20)14-6-8-15(9-7-14)19(3,4)5/h10-11,14-15,18H,6-9H2,1-5H3. The Balaban J connectivity index is 2.09. The number of aryl methyl sites for hydroxylation is 2. The third-order valence-corrected chi connectivity index (χ3v) is 6.89. The Morgan fingerprint density at radius 2 is 1.57 bits per heavy atom. The lowest BCUT2D eigenvalue weighted by Crippen LogP contribution is -2.27.